The van der Waals surface area contributed by atoms with Crippen molar-refractivity contribution in [3.05, 3.63) is 60.7 Å². The summed E-state index contributed by atoms with van der Waals surface area (Å²) in [6, 6.07) is 4.55. The van der Waals surface area contributed by atoms with Gasteiger partial charge in [0.25, 0.3) is 0 Å². The monoisotopic (exact) mass is 450 g/mol. The second-order valence-electron chi connectivity index (χ2n) is 5.30. The van der Waals surface area contributed by atoms with E-state index in [0.29, 0.717) is 0 Å². The molecule has 170 valence electrons. The summed E-state index contributed by atoms with van der Waals surface area (Å²) in [5.74, 6) is -3.57. The van der Waals surface area contributed by atoms with Crippen molar-refractivity contribution in [1.82, 2.24) is 0 Å². The summed E-state index contributed by atoms with van der Waals surface area (Å²) in [4.78, 5) is 68.2. The fourth-order valence-electron chi connectivity index (χ4n) is 1.72. The minimum absolute atomic E-state index is 0.108. The van der Waals surface area contributed by atoms with Gasteiger partial charge in [-0.2, -0.15) is 0 Å². The largest absolute Gasteiger partial charge is 0.516 e. The molecule has 0 aliphatic heterocycles. The van der Waals surface area contributed by atoms with E-state index in [1.54, 1.807) is 0 Å². The number of carbonyl (C=O) groups is 6. The van der Waals surface area contributed by atoms with Crippen LogP contribution in [0.25, 0.3) is 0 Å². The second-order valence-corrected chi connectivity index (χ2v) is 5.30. The molecule has 0 heterocycles. The van der Waals surface area contributed by atoms with Crippen LogP contribution in [0.4, 0.5) is 9.59 Å². The van der Waals surface area contributed by atoms with Crippen LogP contribution in [0, 0.1) is 0 Å². The Bertz CT molecular complexity index is 811. The standard InChI is InChI=1S/C20H18O12/c1-3-15(21)27-9-11-29-19(25)31-17(23)13-5-7-14(8-6-13)18(24)32-20(26)30-12-10-28-16(22)4-2/h3-8H,1-2,9-12H2. The predicted octanol–water partition coefficient (Wildman–Crippen LogP) is 1.73. The van der Waals surface area contributed by atoms with Crippen LogP contribution in [-0.4, -0.2) is 62.6 Å². The Kier molecular flexibility index (Phi) is 10.9. The van der Waals surface area contributed by atoms with Crippen LogP contribution in [0.3, 0.4) is 0 Å². The maximum Gasteiger partial charge on any atom is 0.516 e. The number of hydrogen-bond acceptors (Lipinski definition) is 12. The van der Waals surface area contributed by atoms with Crippen molar-refractivity contribution < 1.29 is 57.2 Å². The van der Waals surface area contributed by atoms with E-state index < -0.39 is 36.2 Å². The molecule has 12 nitrogen and oxygen atoms in total. The maximum atomic E-state index is 11.9. The van der Waals surface area contributed by atoms with Gasteiger partial charge in [-0.15, -0.1) is 0 Å². The van der Waals surface area contributed by atoms with Gasteiger partial charge < -0.3 is 28.4 Å². The van der Waals surface area contributed by atoms with Gasteiger partial charge in [-0.05, 0) is 24.3 Å². The van der Waals surface area contributed by atoms with Crippen LogP contribution in [0.1, 0.15) is 20.7 Å². The van der Waals surface area contributed by atoms with Gasteiger partial charge in [0.05, 0.1) is 11.1 Å². The third-order valence-corrected chi connectivity index (χ3v) is 3.14. The van der Waals surface area contributed by atoms with Crippen molar-refractivity contribution in [1.29, 1.82) is 0 Å². The molecule has 0 amide bonds. The zero-order valence-electron chi connectivity index (χ0n) is 16.6. The Morgan fingerprint density at radius 2 is 0.906 bits per heavy atom. The molecule has 0 radical (unpaired) electrons. The molecule has 0 aromatic heterocycles. The molecule has 1 aromatic rings. The number of rotatable bonds is 10. The van der Waals surface area contributed by atoms with E-state index in [4.69, 9.17) is 0 Å². The molecular formula is C20H18O12. The summed E-state index contributed by atoms with van der Waals surface area (Å²) in [5, 5.41) is 0. The van der Waals surface area contributed by atoms with Gasteiger partial charge >= 0.3 is 36.2 Å². The molecule has 0 aliphatic carbocycles. The van der Waals surface area contributed by atoms with Crippen LogP contribution >= 0.6 is 0 Å². The topological polar surface area (TPSA) is 158 Å². The predicted molar refractivity (Wildman–Crippen MR) is 102 cm³/mol. The van der Waals surface area contributed by atoms with Crippen LogP contribution in [0.2, 0.25) is 0 Å². The number of carbonyl (C=O) groups excluding carboxylic acids is 6. The first-order valence-electron chi connectivity index (χ1n) is 8.73. The quantitative estimate of drug-likeness (QED) is 0.167. The van der Waals surface area contributed by atoms with E-state index in [1.165, 1.54) is 0 Å². The highest BCUT2D eigenvalue weighted by atomic mass is 16.7. The molecule has 32 heavy (non-hydrogen) atoms. The molecular weight excluding hydrogens is 432 g/mol. The summed E-state index contributed by atoms with van der Waals surface area (Å²) in [6.07, 6.45) is -0.799. The van der Waals surface area contributed by atoms with Gasteiger partial charge in [-0.25, -0.2) is 28.8 Å². The lowest BCUT2D eigenvalue weighted by molar-refractivity contribution is -0.139. The third kappa shape index (κ3) is 9.82. The van der Waals surface area contributed by atoms with Gasteiger partial charge in [0.2, 0.25) is 0 Å². The maximum absolute atomic E-state index is 11.9. The average Bonchev–Trinajstić information content (AvgIpc) is 2.79. The van der Waals surface area contributed by atoms with Crippen molar-refractivity contribution in [2.45, 2.75) is 0 Å². The SMILES string of the molecule is C=CC(=O)OCCOC(=O)OC(=O)c1ccc(C(=O)OC(=O)OCCOC(=O)C=C)cc1. The van der Waals surface area contributed by atoms with Crippen LogP contribution in [-0.2, 0) is 38.0 Å². The highest BCUT2D eigenvalue weighted by Crippen LogP contribution is 2.09. The minimum atomic E-state index is -1.32. The van der Waals surface area contributed by atoms with Crippen LogP contribution in [0.15, 0.2) is 49.6 Å². The number of benzene rings is 1. The highest BCUT2D eigenvalue weighted by Gasteiger charge is 2.17. The van der Waals surface area contributed by atoms with E-state index in [-0.39, 0.29) is 37.6 Å². The number of ether oxygens (including phenoxy) is 6. The third-order valence-electron chi connectivity index (χ3n) is 3.14. The average molecular weight is 450 g/mol. The van der Waals surface area contributed by atoms with Gasteiger partial charge in [0.1, 0.15) is 26.4 Å². The van der Waals surface area contributed by atoms with Crippen LogP contribution < -0.4 is 0 Å². The second kappa shape index (κ2) is 13.7. The first-order chi connectivity index (χ1) is 15.3. The fourth-order valence-corrected chi connectivity index (χ4v) is 1.72. The molecule has 1 aromatic carbocycles. The normalized spacial score (nSPS) is 9.50. The van der Waals surface area contributed by atoms with Crippen molar-refractivity contribution in [3.63, 3.8) is 0 Å². The molecule has 0 N–H and O–H groups in total. The Morgan fingerprint density at radius 1 is 0.594 bits per heavy atom. The van der Waals surface area contributed by atoms with Gasteiger partial charge in [-0.1, -0.05) is 13.2 Å². The summed E-state index contributed by atoms with van der Waals surface area (Å²) in [5.41, 5.74) is -0.216. The molecule has 1 rings (SSSR count). The van der Waals surface area contributed by atoms with Gasteiger partial charge in [-0.3, -0.25) is 0 Å². The molecule has 12 heteroatoms. The molecule has 0 saturated heterocycles. The van der Waals surface area contributed by atoms with E-state index >= 15 is 0 Å². The van der Waals surface area contributed by atoms with Gasteiger partial charge in [0, 0.05) is 12.2 Å². The molecule has 0 bridgehead atoms. The van der Waals surface area contributed by atoms with Crippen molar-refractivity contribution in [2.75, 3.05) is 26.4 Å². The Morgan fingerprint density at radius 3 is 1.22 bits per heavy atom. The van der Waals surface area contributed by atoms with Gasteiger partial charge in [0.15, 0.2) is 0 Å². The van der Waals surface area contributed by atoms with Crippen LogP contribution in [0.5, 0.6) is 0 Å². The summed E-state index contributed by atoms with van der Waals surface area (Å²) in [6.45, 7) is 5.16. The summed E-state index contributed by atoms with van der Waals surface area (Å²) in [7, 11) is 0. The van der Waals surface area contributed by atoms with E-state index in [9.17, 15) is 28.8 Å². The summed E-state index contributed by atoms with van der Waals surface area (Å²) >= 11 is 0. The minimum Gasteiger partial charge on any atom is -0.459 e. The van der Waals surface area contributed by atoms with Crippen molar-refractivity contribution in [3.8, 4) is 0 Å². The highest BCUT2D eigenvalue weighted by molar-refractivity contribution is 5.98. The van der Waals surface area contributed by atoms with E-state index in [1.807, 2.05) is 0 Å². The number of esters is 4. The van der Waals surface area contributed by atoms with Crippen molar-refractivity contribution >= 4 is 36.2 Å². The van der Waals surface area contributed by atoms with E-state index in [0.717, 1.165) is 36.4 Å². The zero-order valence-corrected chi connectivity index (χ0v) is 16.6. The lowest BCUT2D eigenvalue weighted by atomic mass is 10.1. The molecule has 0 fully saturated rings. The smallest absolute Gasteiger partial charge is 0.459 e. The molecule has 0 unspecified atom stereocenters. The lowest BCUT2D eigenvalue weighted by Crippen LogP contribution is -2.18. The molecule has 0 saturated carbocycles. The first kappa shape index (κ1) is 25.6. The fraction of sp³-hybridized carbons (Fsp3) is 0.200. The Labute approximate surface area is 181 Å². The Balaban J connectivity index is 2.42. The Hall–Kier alpha value is -4.48. The number of hydrogen-bond donors (Lipinski definition) is 0. The van der Waals surface area contributed by atoms with Crippen molar-refractivity contribution in [2.24, 2.45) is 0 Å². The first-order valence-corrected chi connectivity index (χ1v) is 8.73. The molecule has 0 spiro atoms. The molecule has 0 aliphatic rings. The lowest BCUT2D eigenvalue weighted by Gasteiger charge is -2.06. The van der Waals surface area contributed by atoms with E-state index in [2.05, 4.69) is 41.6 Å². The zero-order chi connectivity index (χ0) is 23.9. The summed E-state index contributed by atoms with van der Waals surface area (Å²) < 4.78 is 27.1. The molecule has 0 atom stereocenters.